The summed E-state index contributed by atoms with van der Waals surface area (Å²) < 4.78 is 45.6. The number of nitrogens with zero attached hydrogens (tertiary/aromatic N) is 2. The first-order chi connectivity index (χ1) is 16.0. The van der Waals surface area contributed by atoms with Crippen LogP contribution in [0.5, 0.6) is 11.6 Å². The molecule has 0 saturated carbocycles. The number of aromatic hydroxyl groups is 1. The molecule has 34 heavy (non-hydrogen) atoms. The topological polar surface area (TPSA) is 114 Å². The molecule has 0 aliphatic rings. The van der Waals surface area contributed by atoms with E-state index in [2.05, 4.69) is 10.4 Å². The summed E-state index contributed by atoms with van der Waals surface area (Å²) in [6.07, 6.45) is -4.95. The van der Waals surface area contributed by atoms with Crippen LogP contribution >= 0.6 is 23.2 Å². The van der Waals surface area contributed by atoms with Gasteiger partial charge in [0.15, 0.2) is 12.3 Å². The zero-order chi connectivity index (χ0) is 25.0. The van der Waals surface area contributed by atoms with Gasteiger partial charge in [0.25, 0.3) is 5.91 Å². The zero-order valence-corrected chi connectivity index (χ0v) is 18.5. The molecule has 0 aliphatic carbocycles. The average molecular weight is 518 g/mol. The van der Waals surface area contributed by atoms with Crippen LogP contribution in [0.15, 0.2) is 48.5 Å². The molecule has 13 heteroatoms. The lowest BCUT2D eigenvalue weighted by Gasteiger charge is -2.16. The number of amides is 1. The lowest BCUT2D eigenvalue weighted by atomic mass is 10.1. The second-order valence-electron chi connectivity index (χ2n) is 6.97. The van der Waals surface area contributed by atoms with Gasteiger partial charge in [-0.3, -0.25) is 4.79 Å². The number of carboxylic acid groups (broad SMARTS) is 1. The van der Waals surface area contributed by atoms with Gasteiger partial charge in [-0.25, -0.2) is 4.79 Å². The number of benzene rings is 2. The van der Waals surface area contributed by atoms with Crippen LogP contribution in [0.3, 0.4) is 0 Å². The van der Waals surface area contributed by atoms with Crippen LogP contribution in [0, 0.1) is 0 Å². The summed E-state index contributed by atoms with van der Waals surface area (Å²) in [5, 5.41) is 24.7. The maximum Gasteiger partial charge on any atom is 0.435 e. The summed E-state index contributed by atoms with van der Waals surface area (Å²) in [6.45, 7) is -0.798. The number of nitrogens with one attached hydrogen (secondary N) is 1. The van der Waals surface area contributed by atoms with E-state index in [0.29, 0.717) is 11.6 Å². The third kappa shape index (κ3) is 6.12. The number of phenols is 1. The summed E-state index contributed by atoms with van der Waals surface area (Å²) in [7, 11) is 0. The van der Waals surface area contributed by atoms with E-state index in [-0.39, 0.29) is 27.9 Å². The minimum Gasteiger partial charge on any atom is -0.506 e. The van der Waals surface area contributed by atoms with Crippen molar-refractivity contribution < 1.29 is 37.7 Å². The number of alkyl halides is 3. The number of phenolic OH excluding ortho intramolecular Hbond substituents is 1. The standard InChI is InChI=1S/C21H16Cl2F3N3O5/c22-12-3-1-2-4-15(12)29-19(9-17(28-29)21(24,25)26)34-10-18(31)27-14(20(32)33)8-11-5-6-16(30)13(23)7-11/h1-7,9,14,30H,8,10H2,(H,27,31)(H,32,33)/t14-/m0/s1. The van der Waals surface area contributed by atoms with Crippen LogP contribution in [0.1, 0.15) is 11.3 Å². The van der Waals surface area contributed by atoms with Crippen molar-refractivity contribution in [2.24, 2.45) is 0 Å². The Morgan fingerprint density at radius 2 is 1.82 bits per heavy atom. The maximum absolute atomic E-state index is 13.2. The Balaban J connectivity index is 1.75. The number of carbonyl (C=O) groups is 2. The molecule has 0 spiro atoms. The number of aliphatic carboxylic acids is 1. The van der Waals surface area contributed by atoms with Gasteiger partial charge in [0.1, 0.15) is 11.8 Å². The third-order valence-corrected chi connectivity index (χ3v) is 5.11. The summed E-state index contributed by atoms with van der Waals surface area (Å²) in [5.41, 5.74) is -0.763. The molecule has 0 aliphatic heterocycles. The van der Waals surface area contributed by atoms with Crippen molar-refractivity contribution in [2.45, 2.75) is 18.6 Å². The van der Waals surface area contributed by atoms with Crippen LogP contribution in [-0.2, 0) is 22.2 Å². The van der Waals surface area contributed by atoms with Gasteiger partial charge in [0.05, 0.1) is 15.7 Å². The van der Waals surface area contributed by atoms with Crippen LogP contribution in [0.25, 0.3) is 5.69 Å². The fraction of sp³-hybridized carbons (Fsp3) is 0.190. The first-order valence-corrected chi connectivity index (χ1v) is 10.3. The van der Waals surface area contributed by atoms with E-state index in [4.69, 9.17) is 27.9 Å². The molecule has 1 aromatic heterocycles. The number of carboxylic acids is 1. The van der Waals surface area contributed by atoms with Gasteiger partial charge < -0.3 is 20.3 Å². The highest BCUT2D eigenvalue weighted by Crippen LogP contribution is 2.33. The number of rotatable bonds is 8. The molecule has 3 rings (SSSR count). The molecular weight excluding hydrogens is 502 g/mol. The van der Waals surface area contributed by atoms with Crippen molar-refractivity contribution in [1.82, 2.24) is 15.1 Å². The normalized spacial score (nSPS) is 12.3. The van der Waals surface area contributed by atoms with Gasteiger partial charge >= 0.3 is 12.1 Å². The van der Waals surface area contributed by atoms with Crippen LogP contribution in [0.2, 0.25) is 10.0 Å². The van der Waals surface area contributed by atoms with E-state index in [1.54, 1.807) is 6.07 Å². The van der Waals surface area contributed by atoms with E-state index >= 15 is 0 Å². The molecule has 3 aromatic rings. The minimum absolute atomic E-state index is 0.00426. The van der Waals surface area contributed by atoms with Crippen molar-refractivity contribution in [2.75, 3.05) is 6.61 Å². The van der Waals surface area contributed by atoms with Crippen molar-refractivity contribution in [3.8, 4) is 17.3 Å². The Morgan fingerprint density at radius 3 is 2.44 bits per heavy atom. The second kappa shape index (κ2) is 10.2. The number of carbonyl (C=O) groups excluding carboxylic acids is 1. The minimum atomic E-state index is -4.79. The molecule has 0 saturated heterocycles. The van der Waals surface area contributed by atoms with Crippen LogP contribution < -0.4 is 10.1 Å². The first kappa shape index (κ1) is 25.2. The molecule has 2 aromatic carbocycles. The summed E-state index contributed by atoms with van der Waals surface area (Å²) >= 11 is 11.9. The molecule has 8 nitrogen and oxygen atoms in total. The van der Waals surface area contributed by atoms with E-state index in [9.17, 15) is 33.0 Å². The zero-order valence-electron chi connectivity index (χ0n) is 17.0. The lowest BCUT2D eigenvalue weighted by molar-refractivity contribution is -0.142. The summed E-state index contributed by atoms with van der Waals surface area (Å²) in [6, 6.07) is 9.20. The smallest absolute Gasteiger partial charge is 0.435 e. The predicted octanol–water partition coefficient (Wildman–Crippen LogP) is 4.09. The van der Waals surface area contributed by atoms with Crippen molar-refractivity contribution >= 4 is 35.1 Å². The first-order valence-electron chi connectivity index (χ1n) is 9.50. The predicted molar refractivity (Wildman–Crippen MR) is 115 cm³/mol. The molecule has 3 N–H and O–H groups in total. The number of hydrogen-bond acceptors (Lipinski definition) is 5. The van der Waals surface area contributed by atoms with E-state index in [1.807, 2.05) is 0 Å². The lowest BCUT2D eigenvalue weighted by Crippen LogP contribution is -2.44. The Bertz CT molecular complexity index is 1220. The van der Waals surface area contributed by atoms with Gasteiger partial charge in [-0.15, -0.1) is 0 Å². The van der Waals surface area contributed by atoms with E-state index in [1.165, 1.54) is 36.4 Å². The number of hydrogen-bond donors (Lipinski definition) is 3. The van der Waals surface area contributed by atoms with Crippen molar-refractivity contribution in [3.05, 3.63) is 69.8 Å². The second-order valence-corrected chi connectivity index (χ2v) is 7.78. The number of ether oxygens (including phenoxy) is 1. The molecule has 1 heterocycles. The fourth-order valence-electron chi connectivity index (χ4n) is 2.89. The molecule has 0 unspecified atom stereocenters. The molecule has 0 fully saturated rings. The van der Waals surface area contributed by atoms with Gasteiger partial charge in [-0.2, -0.15) is 23.0 Å². The largest absolute Gasteiger partial charge is 0.506 e. The van der Waals surface area contributed by atoms with Crippen LogP contribution in [-0.4, -0.2) is 44.5 Å². The SMILES string of the molecule is O=C(COc1cc(C(F)(F)F)nn1-c1ccccc1Cl)N[C@@H](Cc1ccc(O)c(Cl)c1)C(=O)O. The third-order valence-electron chi connectivity index (χ3n) is 4.48. The van der Waals surface area contributed by atoms with E-state index < -0.39 is 42.3 Å². The Kier molecular flexibility index (Phi) is 7.57. The van der Waals surface area contributed by atoms with Crippen LogP contribution in [0.4, 0.5) is 13.2 Å². The Hall–Kier alpha value is -3.44. The fourth-order valence-corrected chi connectivity index (χ4v) is 3.31. The van der Waals surface area contributed by atoms with Crippen molar-refractivity contribution in [3.63, 3.8) is 0 Å². The number of aromatic nitrogens is 2. The van der Waals surface area contributed by atoms with Gasteiger partial charge in [0.2, 0.25) is 5.88 Å². The number of halogens is 5. The molecule has 0 bridgehead atoms. The highest BCUT2D eigenvalue weighted by Gasteiger charge is 2.36. The highest BCUT2D eigenvalue weighted by molar-refractivity contribution is 6.32. The van der Waals surface area contributed by atoms with Crippen molar-refractivity contribution in [1.29, 1.82) is 0 Å². The maximum atomic E-state index is 13.2. The van der Waals surface area contributed by atoms with Gasteiger partial charge in [0, 0.05) is 12.5 Å². The van der Waals surface area contributed by atoms with Gasteiger partial charge in [-0.1, -0.05) is 41.4 Å². The highest BCUT2D eigenvalue weighted by atomic mass is 35.5. The quantitative estimate of drug-likeness (QED) is 0.414. The summed E-state index contributed by atoms with van der Waals surface area (Å²) in [4.78, 5) is 23.9. The Labute approximate surface area is 200 Å². The van der Waals surface area contributed by atoms with Gasteiger partial charge in [-0.05, 0) is 29.8 Å². The molecule has 1 amide bonds. The molecular formula is C21H16Cl2F3N3O5. The molecule has 1 atom stereocenters. The molecule has 180 valence electrons. The Morgan fingerprint density at radius 1 is 1.12 bits per heavy atom. The number of para-hydroxylation sites is 1. The monoisotopic (exact) mass is 517 g/mol. The average Bonchev–Trinajstić information content (AvgIpc) is 3.19. The van der Waals surface area contributed by atoms with E-state index in [0.717, 1.165) is 4.68 Å². The summed E-state index contributed by atoms with van der Waals surface area (Å²) in [5.74, 6) is -2.88. The molecule has 0 radical (unpaired) electrons.